The lowest BCUT2D eigenvalue weighted by atomic mass is 10.1. The van der Waals surface area contributed by atoms with E-state index in [1.807, 2.05) is 0 Å². The lowest BCUT2D eigenvalue weighted by Crippen LogP contribution is -2.16. The normalized spacial score (nSPS) is 24.3. The molecule has 1 aliphatic carbocycles. The van der Waals surface area contributed by atoms with Crippen molar-refractivity contribution in [3.8, 4) is 0 Å². The van der Waals surface area contributed by atoms with Crippen LogP contribution >= 0.6 is 0 Å². The van der Waals surface area contributed by atoms with Gasteiger partial charge < -0.3 is 5.32 Å². The van der Waals surface area contributed by atoms with Crippen molar-refractivity contribution in [3.63, 3.8) is 0 Å². The van der Waals surface area contributed by atoms with Crippen LogP contribution in [0.25, 0.3) is 0 Å². The Hall–Kier alpha value is -1.26. The highest BCUT2D eigenvalue weighted by Gasteiger charge is 2.34. The molecule has 0 saturated heterocycles. The summed E-state index contributed by atoms with van der Waals surface area (Å²) in [4.78, 5) is 0. The molecule has 1 aromatic rings. The van der Waals surface area contributed by atoms with Crippen LogP contribution in [0.3, 0.4) is 0 Å². The Bertz CT molecular complexity index is 427. The Morgan fingerprint density at radius 1 is 1.22 bits per heavy atom. The van der Waals surface area contributed by atoms with Gasteiger partial charge in [-0.3, -0.25) is 0 Å². The van der Waals surface area contributed by atoms with Crippen LogP contribution in [0.15, 0.2) is 18.2 Å². The number of rotatable bonds is 2. The lowest BCUT2D eigenvalue weighted by Gasteiger charge is -2.16. The molecular formula is C13H15F4N. The first kappa shape index (κ1) is 13.2. The van der Waals surface area contributed by atoms with E-state index in [-0.39, 0.29) is 6.04 Å². The van der Waals surface area contributed by atoms with Gasteiger partial charge in [0.2, 0.25) is 0 Å². The fourth-order valence-electron chi connectivity index (χ4n) is 2.41. The third-order valence-electron chi connectivity index (χ3n) is 3.34. The molecular weight excluding hydrogens is 246 g/mol. The van der Waals surface area contributed by atoms with Crippen LogP contribution in [-0.4, -0.2) is 6.04 Å². The first-order chi connectivity index (χ1) is 8.36. The van der Waals surface area contributed by atoms with E-state index in [2.05, 4.69) is 12.2 Å². The largest absolute Gasteiger partial charge is 0.419 e. The number of anilines is 1. The lowest BCUT2D eigenvalue weighted by molar-refractivity contribution is -0.139. The van der Waals surface area contributed by atoms with Gasteiger partial charge in [0.15, 0.2) is 0 Å². The van der Waals surface area contributed by atoms with Crippen LogP contribution in [0.1, 0.15) is 31.7 Å². The summed E-state index contributed by atoms with van der Waals surface area (Å²) in [6.07, 6.45) is -1.69. The Balaban J connectivity index is 2.15. The highest BCUT2D eigenvalue weighted by Crippen LogP contribution is 2.34. The molecule has 0 amide bonds. The fraction of sp³-hybridized carbons (Fsp3) is 0.538. The molecule has 1 fully saturated rings. The number of alkyl halides is 3. The van der Waals surface area contributed by atoms with Gasteiger partial charge in [0.1, 0.15) is 5.82 Å². The van der Waals surface area contributed by atoms with Gasteiger partial charge in [0.25, 0.3) is 0 Å². The molecule has 0 heterocycles. The monoisotopic (exact) mass is 261 g/mol. The van der Waals surface area contributed by atoms with Crippen LogP contribution < -0.4 is 5.32 Å². The molecule has 1 saturated carbocycles. The van der Waals surface area contributed by atoms with Crippen LogP contribution in [0.5, 0.6) is 0 Å². The zero-order chi connectivity index (χ0) is 13.3. The third kappa shape index (κ3) is 2.94. The standard InChI is InChI=1S/C13H15F4N/c1-8-2-3-9(6-8)18-10-4-5-12(14)11(7-10)13(15,16)17/h4-5,7-9,18H,2-3,6H2,1H3. The molecule has 18 heavy (non-hydrogen) atoms. The molecule has 100 valence electrons. The van der Waals surface area contributed by atoms with Gasteiger partial charge in [0, 0.05) is 11.7 Å². The number of nitrogens with one attached hydrogen (secondary N) is 1. The minimum atomic E-state index is -4.65. The summed E-state index contributed by atoms with van der Waals surface area (Å²) in [5, 5.41) is 3.04. The Morgan fingerprint density at radius 2 is 1.94 bits per heavy atom. The van der Waals surface area contributed by atoms with E-state index in [0.29, 0.717) is 11.6 Å². The maximum absolute atomic E-state index is 13.1. The summed E-state index contributed by atoms with van der Waals surface area (Å²) in [7, 11) is 0. The molecule has 1 N–H and O–H groups in total. The summed E-state index contributed by atoms with van der Waals surface area (Å²) in [5.74, 6) is -0.641. The van der Waals surface area contributed by atoms with E-state index in [1.165, 1.54) is 6.07 Å². The zero-order valence-electron chi connectivity index (χ0n) is 10.0. The Labute approximate surface area is 103 Å². The molecule has 2 atom stereocenters. The second kappa shape index (κ2) is 4.78. The fourth-order valence-corrected chi connectivity index (χ4v) is 2.41. The van der Waals surface area contributed by atoms with Crippen molar-refractivity contribution in [1.82, 2.24) is 0 Å². The number of benzene rings is 1. The van der Waals surface area contributed by atoms with E-state index in [0.717, 1.165) is 31.4 Å². The summed E-state index contributed by atoms with van der Waals surface area (Å²) in [5.41, 5.74) is -0.874. The van der Waals surface area contributed by atoms with Crippen molar-refractivity contribution in [1.29, 1.82) is 0 Å². The molecule has 1 nitrogen and oxygen atoms in total. The number of hydrogen-bond acceptors (Lipinski definition) is 1. The van der Waals surface area contributed by atoms with Gasteiger partial charge in [-0.1, -0.05) is 6.92 Å². The Kier molecular flexibility index (Phi) is 3.50. The molecule has 2 unspecified atom stereocenters. The van der Waals surface area contributed by atoms with E-state index in [1.54, 1.807) is 0 Å². The summed E-state index contributed by atoms with van der Waals surface area (Å²) in [6, 6.07) is 3.25. The number of hydrogen-bond donors (Lipinski definition) is 1. The van der Waals surface area contributed by atoms with Gasteiger partial charge in [-0.2, -0.15) is 13.2 Å². The maximum atomic E-state index is 13.1. The van der Waals surface area contributed by atoms with E-state index >= 15 is 0 Å². The predicted molar refractivity (Wildman–Crippen MR) is 61.8 cm³/mol. The zero-order valence-corrected chi connectivity index (χ0v) is 10.0. The smallest absolute Gasteiger partial charge is 0.382 e. The second-order valence-electron chi connectivity index (χ2n) is 4.95. The van der Waals surface area contributed by atoms with Crippen LogP contribution in [0.2, 0.25) is 0 Å². The third-order valence-corrected chi connectivity index (χ3v) is 3.34. The molecule has 1 aliphatic rings. The maximum Gasteiger partial charge on any atom is 0.419 e. The van der Waals surface area contributed by atoms with Crippen molar-refractivity contribution in [2.24, 2.45) is 5.92 Å². The molecule has 1 aromatic carbocycles. The van der Waals surface area contributed by atoms with Gasteiger partial charge >= 0.3 is 6.18 Å². The Morgan fingerprint density at radius 3 is 2.50 bits per heavy atom. The van der Waals surface area contributed by atoms with Gasteiger partial charge in [-0.15, -0.1) is 0 Å². The van der Waals surface area contributed by atoms with E-state index in [4.69, 9.17) is 0 Å². The van der Waals surface area contributed by atoms with Gasteiger partial charge in [-0.05, 0) is 43.4 Å². The van der Waals surface area contributed by atoms with Gasteiger partial charge in [0.05, 0.1) is 5.56 Å². The van der Waals surface area contributed by atoms with Crippen molar-refractivity contribution in [2.45, 2.75) is 38.4 Å². The minimum Gasteiger partial charge on any atom is -0.382 e. The molecule has 0 radical (unpaired) electrons. The first-order valence-corrected chi connectivity index (χ1v) is 5.99. The van der Waals surface area contributed by atoms with E-state index in [9.17, 15) is 17.6 Å². The molecule has 0 spiro atoms. The van der Waals surface area contributed by atoms with Crippen LogP contribution in [0.4, 0.5) is 23.2 Å². The van der Waals surface area contributed by atoms with Crippen molar-refractivity contribution < 1.29 is 17.6 Å². The highest BCUT2D eigenvalue weighted by atomic mass is 19.4. The molecule has 2 rings (SSSR count). The second-order valence-corrected chi connectivity index (χ2v) is 4.95. The highest BCUT2D eigenvalue weighted by molar-refractivity contribution is 5.48. The quantitative estimate of drug-likeness (QED) is 0.776. The predicted octanol–water partition coefficient (Wildman–Crippen LogP) is 4.45. The van der Waals surface area contributed by atoms with Crippen molar-refractivity contribution in [3.05, 3.63) is 29.6 Å². The van der Waals surface area contributed by atoms with Crippen LogP contribution in [-0.2, 0) is 6.18 Å². The molecule has 0 aliphatic heterocycles. The van der Waals surface area contributed by atoms with E-state index < -0.39 is 17.6 Å². The molecule has 5 heteroatoms. The average molecular weight is 261 g/mol. The van der Waals surface area contributed by atoms with Gasteiger partial charge in [-0.25, -0.2) is 4.39 Å². The molecule has 0 bridgehead atoms. The average Bonchev–Trinajstić information content (AvgIpc) is 2.65. The van der Waals surface area contributed by atoms with Crippen LogP contribution in [0, 0.1) is 11.7 Å². The summed E-state index contributed by atoms with van der Waals surface area (Å²) >= 11 is 0. The SMILES string of the molecule is CC1CCC(Nc2ccc(F)c(C(F)(F)F)c2)C1. The summed E-state index contributed by atoms with van der Waals surface area (Å²) < 4.78 is 50.7. The van der Waals surface area contributed by atoms with Crippen molar-refractivity contribution in [2.75, 3.05) is 5.32 Å². The summed E-state index contributed by atoms with van der Waals surface area (Å²) in [6.45, 7) is 2.12. The van der Waals surface area contributed by atoms with Crippen molar-refractivity contribution >= 4 is 5.69 Å². The minimum absolute atomic E-state index is 0.187. The topological polar surface area (TPSA) is 12.0 Å². The molecule has 0 aromatic heterocycles. The first-order valence-electron chi connectivity index (χ1n) is 5.99. The number of halogens is 4.